The Morgan fingerprint density at radius 3 is 2.58 bits per heavy atom. The van der Waals surface area contributed by atoms with Gasteiger partial charge in [0.15, 0.2) is 0 Å². The van der Waals surface area contributed by atoms with Crippen LogP contribution >= 0.6 is 0 Å². The number of oxime groups is 1. The van der Waals surface area contributed by atoms with Gasteiger partial charge in [0.05, 0.1) is 5.71 Å². The first kappa shape index (κ1) is 8.78. The van der Waals surface area contributed by atoms with Crippen LogP contribution in [-0.4, -0.2) is 10.9 Å². The van der Waals surface area contributed by atoms with Gasteiger partial charge in [-0.15, -0.1) is 0 Å². The third kappa shape index (κ3) is 1.64. The summed E-state index contributed by atoms with van der Waals surface area (Å²) in [5.41, 5.74) is 2.92. The number of nitrogens with zero attached hydrogens (tertiary/aromatic N) is 1. The Balaban J connectivity index is 3.10. The molecule has 2 heteroatoms. The average Bonchev–Trinajstić information content (AvgIpc) is 2.10. The minimum Gasteiger partial charge on any atom is -0.411 e. The molecule has 0 heterocycles. The molecule has 1 rings (SSSR count). The van der Waals surface area contributed by atoms with Crippen LogP contribution < -0.4 is 0 Å². The van der Waals surface area contributed by atoms with Gasteiger partial charge in [0.2, 0.25) is 0 Å². The lowest BCUT2D eigenvalue weighted by molar-refractivity contribution is 0.318. The predicted octanol–water partition coefficient (Wildman–Crippen LogP) is 2.58. The Hall–Kier alpha value is -1.31. The number of benzene rings is 1. The molecule has 0 amide bonds. The largest absolute Gasteiger partial charge is 0.411 e. The third-order valence-electron chi connectivity index (χ3n) is 1.91. The highest BCUT2D eigenvalue weighted by molar-refractivity contribution is 6.01. The first-order chi connectivity index (χ1) is 5.79. The number of rotatable bonds is 2. The van der Waals surface area contributed by atoms with E-state index in [0.29, 0.717) is 0 Å². The molecule has 64 valence electrons. The number of hydrogen-bond donors (Lipinski definition) is 1. The summed E-state index contributed by atoms with van der Waals surface area (Å²) in [5.74, 6) is 0. The zero-order chi connectivity index (χ0) is 8.97. The fraction of sp³-hybridized carbons (Fsp3) is 0.300. The van der Waals surface area contributed by atoms with Gasteiger partial charge in [-0.25, -0.2) is 0 Å². The fourth-order valence-corrected chi connectivity index (χ4v) is 1.21. The van der Waals surface area contributed by atoms with Gasteiger partial charge in [-0.05, 0) is 18.9 Å². The summed E-state index contributed by atoms with van der Waals surface area (Å²) in [6, 6.07) is 7.90. The first-order valence-corrected chi connectivity index (χ1v) is 4.06. The van der Waals surface area contributed by atoms with E-state index >= 15 is 0 Å². The summed E-state index contributed by atoms with van der Waals surface area (Å²) < 4.78 is 0. The summed E-state index contributed by atoms with van der Waals surface area (Å²) in [7, 11) is 0. The molecule has 0 aliphatic heterocycles. The van der Waals surface area contributed by atoms with Crippen molar-refractivity contribution in [1.82, 2.24) is 0 Å². The maximum atomic E-state index is 8.69. The molecule has 1 N–H and O–H groups in total. The quantitative estimate of drug-likeness (QED) is 0.405. The number of aryl methyl sites for hydroxylation is 1. The van der Waals surface area contributed by atoms with E-state index < -0.39 is 0 Å². The van der Waals surface area contributed by atoms with Crippen LogP contribution in [0.5, 0.6) is 0 Å². The van der Waals surface area contributed by atoms with Crippen LogP contribution in [0.2, 0.25) is 0 Å². The molecule has 0 saturated heterocycles. The molecule has 0 saturated carbocycles. The maximum absolute atomic E-state index is 8.69. The lowest BCUT2D eigenvalue weighted by Crippen LogP contribution is -2.00. The molecule has 1 aromatic carbocycles. The van der Waals surface area contributed by atoms with E-state index in [9.17, 15) is 0 Å². The third-order valence-corrected chi connectivity index (χ3v) is 1.91. The highest BCUT2D eigenvalue weighted by atomic mass is 16.4. The number of hydrogen-bond acceptors (Lipinski definition) is 2. The molecular weight excluding hydrogens is 150 g/mol. The van der Waals surface area contributed by atoms with E-state index in [-0.39, 0.29) is 0 Å². The van der Waals surface area contributed by atoms with Crippen LogP contribution in [0.25, 0.3) is 0 Å². The summed E-state index contributed by atoms with van der Waals surface area (Å²) in [6.45, 7) is 3.98. The van der Waals surface area contributed by atoms with Crippen molar-refractivity contribution >= 4 is 5.71 Å². The zero-order valence-corrected chi connectivity index (χ0v) is 7.41. The Morgan fingerprint density at radius 2 is 2.08 bits per heavy atom. The topological polar surface area (TPSA) is 32.6 Å². The van der Waals surface area contributed by atoms with Crippen LogP contribution in [0.4, 0.5) is 0 Å². The van der Waals surface area contributed by atoms with Gasteiger partial charge >= 0.3 is 0 Å². The second-order valence-corrected chi connectivity index (χ2v) is 2.72. The van der Waals surface area contributed by atoms with Gasteiger partial charge in [0.25, 0.3) is 0 Å². The molecule has 0 spiro atoms. The van der Waals surface area contributed by atoms with Gasteiger partial charge in [0.1, 0.15) is 0 Å². The van der Waals surface area contributed by atoms with E-state index in [0.717, 1.165) is 23.3 Å². The lowest BCUT2D eigenvalue weighted by Gasteiger charge is -2.04. The molecule has 0 fully saturated rings. The molecule has 1 aromatic rings. The summed E-state index contributed by atoms with van der Waals surface area (Å²) in [5, 5.41) is 11.9. The molecule has 0 aromatic heterocycles. The van der Waals surface area contributed by atoms with Crippen molar-refractivity contribution in [3.05, 3.63) is 35.4 Å². The van der Waals surface area contributed by atoms with Gasteiger partial charge in [-0.2, -0.15) is 0 Å². The second-order valence-electron chi connectivity index (χ2n) is 2.72. The van der Waals surface area contributed by atoms with Crippen molar-refractivity contribution in [2.24, 2.45) is 5.16 Å². The maximum Gasteiger partial charge on any atom is 0.0867 e. The predicted molar refractivity (Wildman–Crippen MR) is 49.8 cm³/mol. The molecule has 0 radical (unpaired) electrons. The standard InChI is InChI=1S/C10H13NO/c1-3-10(11-12)9-7-5-4-6-8(9)2/h4-7,12H,3H2,1-2H3/b11-10+. The molecule has 0 aliphatic carbocycles. The monoisotopic (exact) mass is 163 g/mol. The molecule has 0 atom stereocenters. The second kappa shape index (κ2) is 3.90. The van der Waals surface area contributed by atoms with Crippen LogP contribution in [-0.2, 0) is 0 Å². The van der Waals surface area contributed by atoms with E-state index in [2.05, 4.69) is 5.16 Å². The molecule has 0 bridgehead atoms. The van der Waals surface area contributed by atoms with Crippen molar-refractivity contribution in [3.8, 4) is 0 Å². The Labute approximate surface area is 72.5 Å². The first-order valence-electron chi connectivity index (χ1n) is 4.06. The molecule has 12 heavy (non-hydrogen) atoms. The smallest absolute Gasteiger partial charge is 0.0867 e. The molecule has 0 aliphatic rings. The van der Waals surface area contributed by atoms with Crippen molar-refractivity contribution in [2.75, 3.05) is 0 Å². The van der Waals surface area contributed by atoms with E-state index in [1.807, 2.05) is 38.1 Å². The average molecular weight is 163 g/mol. The summed E-state index contributed by atoms with van der Waals surface area (Å²) in [4.78, 5) is 0. The Bertz CT molecular complexity index is 292. The minimum atomic E-state index is 0.744. The molecule has 2 nitrogen and oxygen atoms in total. The van der Waals surface area contributed by atoms with Crippen molar-refractivity contribution in [1.29, 1.82) is 0 Å². The lowest BCUT2D eigenvalue weighted by atomic mass is 10.0. The van der Waals surface area contributed by atoms with Crippen LogP contribution in [0.15, 0.2) is 29.4 Å². The molecule has 0 unspecified atom stereocenters. The Kier molecular flexibility index (Phi) is 2.86. The van der Waals surface area contributed by atoms with Crippen LogP contribution in [0.3, 0.4) is 0 Å². The highest BCUT2D eigenvalue weighted by Crippen LogP contribution is 2.09. The normalized spacial score (nSPS) is 11.7. The zero-order valence-electron chi connectivity index (χ0n) is 7.41. The fourth-order valence-electron chi connectivity index (χ4n) is 1.21. The molecular formula is C10H13NO. The van der Waals surface area contributed by atoms with E-state index in [4.69, 9.17) is 5.21 Å². The Morgan fingerprint density at radius 1 is 1.42 bits per heavy atom. The van der Waals surface area contributed by atoms with Crippen molar-refractivity contribution < 1.29 is 5.21 Å². The van der Waals surface area contributed by atoms with E-state index in [1.165, 1.54) is 0 Å². The SMILES string of the molecule is CC/C(=N\O)c1ccccc1C. The van der Waals surface area contributed by atoms with Gasteiger partial charge in [0, 0.05) is 5.56 Å². The van der Waals surface area contributed by atoms with E-state index in [1.54, 1.807) is 0 Å². The van der Waals surface area contributed by atoms with Gasteiger partial charge in [-0.1, -0.05) is 36.3 Å². The van der Waals surface area contributed by atoms with Crippen molar-refractivity contribution in [2.45, 2.75) is 20.3 Å². The van der Waals surface area contributed by atoms with Gasteiger partial charge in [-0.3, -0.25) is 0 Å². The van der Waals surface area contributed by atoms with Crippen molar-refractivity contribution in [3.63, 3.8) is 0 Å². The minimum absolute atomic E-state index is 0.744. The van der Waals surface area contributed by atoms with Crippen LogP contribution in [0.1, 0.15) is 24.5 Å². The van der Waals surface area contributed by atoms with Crippen LogP contribution in [0, 0.1) is 6.92 Å². The summed E-state index contributed by atoms with van der Waals surface area (Å²) in [6.07, 6.45) is 0.751. The van der Waals surface area contributed by atoms with Gasteiger partial charge < -0.3 is 5.21 Å². The highest BCUT2D eigenvalue weighted by Gasteiger charge is 2.03. The summed E-state index contributed by atoms with van der Waals surface area (Å²) >= 11 is 0.